The van der Waals surface area contributed by atoms with Gasteiger partial charge in [-0.2, -0.15) is 9.50 Å². The maximum Gasteiger partial charge on any atom is 0.410 e. The fourth-order valence-electron chi connectivity index (χ4n) is 5.67. The number of aromatic nitrogens is 7. The van der Waals surface area contributed by atoms with Crippen molar-refractivity contribution >= 4 is 45.3 Å². The second-order valence-corrected chi connectivity index (χ2v) is 11.8. The lowest BCUT2D eigenvalue weighted by atomic mass is 9.95. The molecule has 7 rings (SSSR count). The molecule has 4 aromatic heterocycles. The van der Waals surface area contributed by atoms with Crippen molar-refractivity contribution in [2.45, 2.75) is 51.7 Å². The number of rotatable bonds is 4. The molecule has 6 aromatic rings. The molecule has 1 atom stereocenters. The fourth-order valence-corrected chi connectivity index (χ4v) is 5.67. The summed E-state index contributed by atoms with van der Waals surface area (Å²) in [5, 5.41) is 4.26. The third-order valence-electron chi connectivity index (χ3n) is 7.60. The number of piperidine rings is 1. The highest BCUT2D eigenvalue weighted by Crippen LogP contribution is 2.33. The van der Waals surface area contributed by atoms with E-state index in [1.165, 1.54) is 10.7 Å². The Labute approximate surface area is 252 Å². The van der Waals surface area contributed by atoms with Gasteiger partial charge in [-0.05, 0) is 75.9 Å². The van der Waals surface area contributed by atoms with Gasteiger partial charge < -0.3 is 15.0 Å². The van der Waals surface area contributed by atoms with Crippen LogP contribution in [0, 0.1) is 0 Å². The smallest absolute Gasteiger partial charge is 0.410 e. The first kappa shape index (κ1) is 27.4. The lowest BCUT2D eigenvalue weighted by Gasteiger charge is -2.37. The van der Waals surface area contributed by atoms with E-state index in [9.17, 15) is 9.59 Å². The summed E-state index contributed by atoms with van der Waals surface area (Å²) < 4.78 is 8.79. The number of hydrogen-bond donors (Lipinski definition) is 1. The molecule has 1 fully saturated rings. The molecule has 1 saturated heterocycles. The molecule has 0 bridgehead atoms. The van der Waals surface area contributed by atoms with Crippen LogP contribution in [-0.4, -0.2) is 57.3 Å². The van der Waals surface area contributed by atoms with Crippen LogP contribution < -0.4 is 10.9 Å². The number of amides is 1. The Morgan fingerprint density at radius 2 is 1.70 bits per heavy atom. The molecule has 1 N–H and O–H groups in total. The standard InChI is InChI=1S/C32H31N9O3/c1-32(2,3)44-31(43)39-18-7-6-10-24(39)20-12-14-21(15-13-20)36-29-35-19-23-26(38-29)37-27-22-9-4-5-11-25(22)40(41(27)28(23)42)30-33-16-8-17-34-30/h4-5,8-9,11-17,19,24H,6-7,10,18H2,1-3H3,(H,35,36,38). The van der Waals surface area contributed by atoms with E-state index in [4.69, 9.17) is 9.72 Å². The molecular weight excluding hydrogens is 558 g/mol. The number of fused-ring (bicyclic) bond motifs is 4. The van der Waals surface area contributed by atoms with Crippen LogP contribution >= 0.6 is 0 Å². The summed E-state index contributed by atoms with van der Waals surface area (Å²) in [6.45, 7) is 6.31. The number of carbonyl (C=O) groups is 1. The van der Waals surface area contributed by atoms with E-state index < -0.39 is 5.60 Å². The molecule has 0 spiro atoms. The van der Waals surface area contributed by atoms with Gasteiger partial charge in [-0.1, -0.05) is 24.3 Å². The van der Waals surface area contributed by atoms with Crippen molar-refractivity contribution in [1.29, 1.82) is 0 Å². The SMILES string of the molecule is CC(C)(C)OC(=O)N1CCCCC1c1ccc(Nc2ncc3c(=O)n4c(nc3n2)c2ccccc2n4-c2ncccn2)cc1. The van der Waals surface area contributed by atoms with E-state index in [1.54, 1.807) is 23.1 Å². The first-order valence-electron chi connectivity index (χ1n) is 14.6. The Hall–Kier alpha value is -5.39. The van der Waals surface area contributed by atoms with E-state index in [0.717, 1.165) is 41.4 Å². The van der Waals surface area contributed by atoms with Gasteiger partial charge in [0.05, 0.1) is 11.6 Å². The van der Waals surface area contributed by atoms with E-state index in [-0.39, 0.29) is 28.7 Å². The Morgan fingerprint density at radius 1 is 0.932 bits per heavy atom. The lowest BCUT2D eigenvalue weighted by molar-refractivity contribution is 0.00951. The number of carbonyl (C=O) groups excluding carboxylic acids is 1. The Bertz CT molecular complexity index is 2070. The Balaban J connectivity index is 1.20. The molecule has 1 unspecified atom stereocenters. The molecule has 44 heavy (non-hydrogen) atoms. The minimum Gasteiger partial charge on any atom is -0.444 e. The predicted octanol–water partition coefficient (Wildman–Crippen LogP) is 5.58. The van der Waals surface area contributed by atoms with Gasteiger partial charge >= 0.3 is 6.09 Å². The maximum absolute atomic E-state index is 13.8. The third kappa shape index (κ3) is 4.97. The van der Waals surface area contributed by atoms with E-state index in [1.807, 2.05) is 74.2 Å². The number of benzene rings is 2. The molecular formula is C32H31N9O3. The Morgan fingerprint density at radius 3 is 2.48 bits per heavy atom. The summed E-state index contributed by atoms with van der Waals surface area (Å²) in [5.41, 5.74) is 2.39. The first-order valence-corrected chi connectivity index (χ1v) is 14.6. The van der Waals surface area contributed by atoms with E-state index in [2.05, 4.69) is 25.3 Å². The molecule has 0 radical (unpaired) electrons. The zero-order valence-electron chi connectivity index (χ0n) is 24.6. The monoisotopic (exact) mass is 589 g/mol. The van der Waals surface area contributed by atoms with Crippen LogP contribution in [0.3, 0.4) is 0 Å². The van der Waals surface area contributed by atoms with Gasteiger partial charge in [0.15, 0.2) is 11.3 Å². The molecule has 0 aliphatic carbocycles. The largest absolute Gasteiger partial charge is 0.444 e. The fraction of sp³-hybridized carbons (Fsp3) is 0.281. The van der Waals surface area contributed by atoms with Gasteiger partial charge in [-0.25, -0.2) is 29.4 Å². The summed E-state index contributed by atoms with van der Waals surface area (Å²) in [6, 6.07) is 17.1. The number of likely N-dealkylation sites (tertiary alicyclic amines) is 1. The van der Waals surface area contributed by atoms with Crippen molar-refractivity contribution in [3.8, 4) is 5.95 Å². The normalized spacial score (nSPS) is 15.6. The highest BCUT2D eigenvalue weighted by molar-refractivity contribution is 5.95. The van der Waals surface area contributed by atoms with Crippen molar-refractivity contribution in [1.82, 2.24) is 39.0 Å². The molecule has 1 aliphatic heterocycles. The highest BCUT2D eigenvalue weighted by Gasteiger charge is 2.31. The van der Waals surface area contributed by atoms with Crippen molar-refractivity contribution in [3.63, 3.8) is 0 Å². The van der Waals surface area contributed by atoms with Crippen LogP contribution in [0.4, 0.5) is 16.4 Å². The van der Waals surface area contributed by atoms with Gasteiger partial charge in [-0.15, -0.1) is 0 Å². The van der Waals surface area contributed by atoms with Crippen molar-refractivity contribution in [2.75, 3.05) is 11.9 Å². The zero-order valence-corrected chi connectivity index (χ0v) is 24.6. The second-order valence-electron chi connectivity index (χ2n) is 11.8. The lowest BCUT2D eigenvalue weighted by Crippen LogP contribution is -2.41. The van der Waals surface area contributed by atoms with E-state index >= 15 is 0 Å². The number of anilines is 2. The molecule has 2 aromatic carbocycles. The summed E-state index contributed by atoms with van der Waals surface area (Å²) in [6.07, 6.45) is 7.33. The van der Waals surface area contributed by atoms with Gasteiger partial charge in [0.2, 0.25) is 11.9 Å². The first-order chi connectivity index (χ1) is 21.3. The van der Waals surface area contributed by atoms with Crippen LogP contribution in [0.5, 0.6) is 0 Å². The van der Waals surface area contributed by atoms with Crippen molar-refractivity contribution in [3.05, 3.63) is 89.1 Å². The average molecular weight is 590 g/mol. The van der Waals surface area contributed by atoms with E-state index in [0.29, 0.717) is 24.1 Å². The van der Waals surface area contributed by atoms with Crippen LogP contribution in [0.2, 0.25) is 0 Å². The molecule has 0 saturated carbocycles. The topological polar surface area (TPSA) is 132 Å². The van der Waals surface area contributed by atoms with Crippen molar-refractivity contribution in [2.24, 2.45) is 0 Å². The Kier molecular flexibility index (Phi) is 6.68. The predicted molar refractivity (Wildman–Crippen MR) is 166 cm³/mol. The number of nitrogens with zero attached hydrogens (tertiary/aromatic N) is 8. The highest BCUT2D eigenvalue weighted by atomic mass is 16.6. The van der Waals surface area contributed by atoms with Crippen LogP contribution in [0.1, 0.15) is 51.6 Å². The second kappa shape index (κ2) is 10.7. The third-order valence-corrected chi connectivity index (χ3v) is 7.60. The van der Waals surface area contributed by atoms with Crippen LogP contribution in [0.15, 0.2) is 78.0 Å². The molecule has 222 valence electrons. The summed E-state index contributed by atoms with van der Waals surface area (Å²) in [4.78, 5) is 51.0. The zero-order chi connectivity index (χ0) is 30.4. The van der Waals surface area contributed by atoms with Gasteiger partial charge in [0.25, 0.3) is 5.56 Å². The van der Waals surface area contributed by atoms with Crippen LogP contribution in [-0.2, 0) is 4.74 Å². The summed E-state index contributed by atoms with van der Waals surface area (Å²) in [5.74, 6) is 0.664. The number of ether oxygens (including phenoxy) is 1. The average Bonchev–Trinajstić information content (AvgIpc) is 3.35. The minimum absolute atomic E-state index is 0.0485. The quantitative estimate of drug-likeness (QED) is 0.280. The minimum atomic E-state index is -0.549. The van der Waals surface area contributed by atoms with Crippen LogP contribution in [0.25, 0.3) is 33.5 Å². The van der Waals surface area contributed by atoms with Crippen molar-refractivity contribution < 1.29 is 9.53 Å². The summed E-state index contributed by atoms with van der Waals surface area (Å²) >= 11 is 0. The van der Waals surface area contributed by atoms with Gasteiger partial charge in [0.1, 0.15) is 11.0 Å². The molecule has 12 heteroatoms. The molecule has 5 heterocycles. The number of hydrogen-bond acceptors (Lipinski definition) is 9. The van der Waals surface area contributed by atoms with Gasteiger partial charge in [-0.3, -0.25) is 4.79 Å². The molecule has 12 nitrogen and oxygen atoms in total. The molecule has 1 amide bonds. The maximum atomic E-state index is 13.8. The summed E-state index contributed by atoms with van der Waals surface area (Å²) in [7, 11) is 0. The molecule has 1 aliphatic rings. The van der Waals surface area contributed by atoms with Gasteiger partial charge in [0, 0.05) is 36.2 Å². The number of para-hydroxylation sites is 1. The number of nitrogens with one attached hydrogen (secondary N) is 1.